The van der Waals surface area contributed by atoms with Gasteiger partial charge in [-0.3, -0.25) is 4.98 Å². The van der Waals surface area contributed by atoms with Crippen LogP contribution in [0.3, 0.4) is 0 Å². The van der Waals surface area contributed by atoms with Gasteiger partial charge in [-0.25, -0.2) is 0 Å². The van der Waals surface area contributed by atoms with Crippen LogP contribution in [0.15, 0.2) is 18.2 Å². The van der Waals surface area contributed by atoms with Crippen molar-refractivity contribution in [2.24, 2.45) is 0 Å². The molecule has 6 nitrogen and oxygen atoms in total. The molecule has 0 unspecified atom stereocenters. The van der Waals surface area contributed by atoms with Crippen LogP contribution >= 0.6 is 0 Å². The highest BCUT2D eigenvalue weighted by molar-refractivity contribution is 5.10. The molecule has 23 heavy (non-hydrogen) atoms. The quantitative estimate of drug-likeness (QED) is 0.727. The number of fused-ring (bicyclic) bond motifs is 2. The van der Waals surface area contributed by atoms with Crippen molar-refractivity contribution in [1.82, 2.24) is 4.98 Å². The maximum Gasteiger partial charge on any atom is 0.0892 e. The fraction of sp³-hybridized carbons (Fsp3) is 0.706. The van der Waals surface area contributed by atoms with Crippen LogP contribution in [0.2, 0.25) is 0 Å². The maximum atomic E-state index is 5.85. The molecule has 2 heterocycles. The molecule has 0 radical (unpaired) electrons. The van der Waals surface area contributed by atoms with Gasteiger partial charge in [0.15, 0.2) is 0 Å². The number of hydrogen-bond donors (Lipinski definition) is 0. The van der Waals surface area contributed by atoms with Crippen LogP contribution in [-0.4, -0.2) is 56.8 Å². The van der Waals surface area contributed by atoms with Gasteiger partial charge in [-0.2, -0.15) is 0 Å². The molecule has 0 N–H and O–H groups in total. The zero-order chi connectivity index (χ0) is 16.3. The molecule has 0 saturated heterocycles. The molecule has 2 rings (SSSR count). The fourth-order valence-electron chi connectivity index (χ4n) is 2.09. The van der Waals surface area contributed by atoms with E-state index in [-0.39, 0.29) is 12.2 Å². The molecule has 0 aromatic carbocycles. The van der Waals surface area contributed by atoms with Crippen molar-refractivity contribution in [3.05, 3.63) is 29.6 Å². The largest absolute Gasteiger partial charge is 0.377 e. The van der Waals surface area contributed by atoms with E-state index in [9.17, 15) is 0 Å². The standard InChI is InChI=1S/C17H27NO5/c1-14-15(2)23-13-17-5-3-4-16(18-17)12-21-9-8-19-6-7-20-10-11-22-14/h3-5,14-15H,6-13H2,1-2H3/t14-,15-/m0/s1. The first-order valence-corrected chi connectivity index (χ1v) is 8.17. The number of nitrogens with zero attached hydrogens (tertiary/aromatic N) is 1. The summed E-state index contributed by atoms with van der Waals surface area (Å²) in [7, 11) is 0. The number of hydrogen-bond acceptors (Lipinski definition) is 6. The van der Waals surface area contributed by atoms with Crippen LogP contribution in [0.1, 0.15) is 25.2 Å². The van der Waals surface area contributed by atoms with Crippen LogP contribution in [-0.2, 0) is 36.9 Å². The average Bonchev–Trinajstić information content (AvgIpc) is 2.57. The minimum Gasteiger partial charge on any atom is -0.377 e. The van der Waals surface area contributed by atoms with Crippen molar-refractivity contribution in [3.63, 3.8) is 0 Å². The Balaban J connectivity index is 1.89. The molecular weight excluding hydrogens is 298 g/mol. The van der Waals surface area contributed by atoms with Crippen molar-refractivity contribution in [2.45, 2.75) is 39.3 Å². The van der Waals surface area contributed by atoms with Crippen molar-refractivity contribution in [1.29, 1.82) is 0 Å². The minimum absolute atomic E-state index is 0.000231. The highest BCUT2D eigenvalue weighted by Gasteiger charge is 2.13. The Morgan fingerprint density at radius 1 is 0.739 bits per heavy atom. The maximum absolute atomic E-state index is 5.85. The Kier molecular flexibility index (Phi) is 8.49. The number of aromatic nitrogens is 1. The minimum atomic E-state index is -0.0149. The molecule has 0 spiro atoms. The summed E-state index contributed by atoms with van der Waals surface area (Å²) < 4.78 is 28.0. The summed E-state index contributed by atoms with van der Waals surface area (Å²) in [5.74, 6) is 0. The Labute approximate surface area is 138 Å². The van der Waals surface area contributed by atoms with E-state index in [2.05, 4.69) is 4.98 Å². The van der Waals surface area contributed by atoms with Gasteiger partial charge in [0.25, 0.3) is 0 Å². The molecule has 0 fully saturated rings. The van der Waals surface area contributed by atoms with Crippen molar-refractivity contribution in [2.75, 3.05) is 39.6 Å². The summed E-state index contributed by atoms with van der Waals surface area (Å²) in [4.78, 5) is 4.54. The monoisotopic (exact) mass is 325 g/mol. The lowest BCUT2D eigenvalue weighted by Gasteiger charge is -2.21. The highest BCUT2D eigenvalue weighted by Crippen LogP contribution is 2.08. The molecule has 2 bridgehead atoms. The summed E-state index contributed by atoms with van der Waals surface area (Å²) in [6.07, 6.45) is -0.0147. The van der Waals surface area contributed by atoms with Crippen molar-refractivity contribution >= 4 is 0 Å². The number of ether oxygens (including phenoxy) is 5. The van der Waals surface area contributed by atoms with Gasteiger partial charge in [-0.05, 0) is 26.0 Å². The number of rotatable bonds is 0. The van der Waals surface area contributed by atoms with Gasteiger partial charge in [0.1, 0.15) is 0 Å². The molecule has 0 amide bonds. The van der Waals surface area contributed by atoms with Crippen LogP contribution in [0, 0.1) is 0 Å². The first kappa shape index (κ1) is 18.3. The van der Waals surface area contributed by atoms with Gasteiger partial charge in [0.2, 0.25) is 0 Å². The Bertz CT molecular complexity index is 443. The Morgan fingerprint density at radius 2 is 1.30 bits per heavy atom. The van der Waals surface area contributed by atoms with Crippen LogP contribution < -0.4 is 0 Å². The summed E-state index contributed by atoms with van der Waals surface area (Å²) in [6, 6.07) is 5.88. The summed E-state index contributed by atoms with van der Waals surface area (Å²) in [6.45, 7) is 8.27. The fourth-order valence-corrected chi connectivity index (χ4v) is 2.09. The predicted molar refractivity (Wildman–Crippen MR) is 85.2 cm³/mol. The van der Waals surface area contributed by atoms with E-state index in [1.165, 1.54) is 0 Å². The smallest absolute Gasteiger partial charge is 0.0892 e. The van der Waals surface area contributed by atoms with Gasteiger partial charge >= 0.3 is 0 Å². The van der Waals surface area contributed by atoms with Gasteiger partial charge in [-0.1, -0.05) is 6.07 Å². The number of pyridine rings is 1. The topological polar surface area (TPSA) is 59.0 Å². The van der Waals surface area contributed by atoms with E-state index in [1.807, 2.05) is 32.0 Å². The predicted octanol–water partition coefficient (Wildman–Crippen LogP) is 1.96. The third-order valence-corrected chi connectivity index (χ3v) is 3.62. The molecule has 130 valence electrons. The summed E-state index contributed by atoms with van der Waals surface area (Å²) in [5.41, 5.74) is 1.79. The molecule has 1 aliphatic rings. The van der Waals surface area contributed by atoms with E-state index in [4.69, 9.17) is 23.7 Å². The Hall–Kier alpha value is -1.05. The van der Waals surface area contributed by atoms with Crippen molar-refractivity contribution < 1.29 is 23.7 Å². The molecule has 1 aliphatic heterocycles. The molecule has 0 saturated carbocycles. The lowest BCUT2D eigenvalue weighted by Crippen LogP contribution is -2.27. The zero-order valence-corrected chi connectivity index (χ0v) is 14.0. The average molecular weight is 325 g/mol. The van der Waals surface area contributed by atoms with Gasteiger partial charge in [-0.15, -0.1) is 0 Å². The molecular formula is C17H27NO5. The van der Waals surface area contributed by atoms with E-state index >= 15 is 0 Å². The third-order valence-electron chi connectivity index (χ3n) is 3.62. The molecule has 0 aliphatic carbocycles. The normalized spacial score (nSPS) is 26.2. The molecule has 1 aromatic rings. The SMILES string of the molecule is C[C@@H]1OCCOCCOCCOCc2cccc(n2)CO[C@H]1C. The molecule has 6 heteroatoms. The molecule has 1 aromatic heterocycles. The lowest BCUT2D eigenvalue weighted by atomic mass is 10.2. The van der Waals surface area contributed by atoms with Crippen molar-refractivity contribution in [3.8, 4) is 0 Å². The van der Waals surface area contributed by atoms with Gasteiger partial charge in [0, 0.05) is 0 Å². The summed E-state index contributed by atoms with van der Waals surface area (Å²) in [5, 5.41) is 0. The van der Waals surface area contributed by atoms with E-state index in [0.717, 1.165) is 11.4 Å². The third kappa shape index (κ3) is 7.37. The van der Waals surface area contributed by atoms with Crippen LogP contribution in [0.25, 0.3) is 0 Å². The molecule has 2 atom stereocenters. The van der Waals surface area contributed by atoms with Gasteiger partial charge in [0.05, 0.1) is 76.5 Å². The van der Waals surface area contributed by atoms with E-state index < -0.39 is 0 Å². The highest BCUT2D eigenvalue weighted by atomic mass is 16.6. The second-order valence-electron chi connectivity index (χ2n) is 5.49. The second-order valence-corrected chi connectivity index (χ2v) is 5.49. The first-order chi connectivity index (χ1) is 11.3. The lowest BCUT2D eigenvalue weighted by molar-refractivity contribution is -0.0783. The summed E-state index contributed by atoms with van der Waals surface area (Å²) >= 11 is 0. The zero-order valence-electron chi connectivity index (χ0n) is 14.0. The Morgan fingerprint density at radius 3 is 2.04 bits per heavy atom. The van der Waals surface area contributed by atoms with Gasteiger partial charge < -0.3 is 23.7 Å². The first-order valence-electron chi connectivity index (χ1n) is 8.17. The van der Waals surface area contributed by atoms with E-state index in [0.29, 0.717) is 52.9 Å². The van der Waals surface area contributed by atoms with E-state index in [1.54, 1.807) is 0 Å². The second kappa shape index (κ2) is 10.7. The van der Waals surface area contributed by atoms with Crippen LogP contribution in [0.5, 0.6) is 0 Å². The van der Waals surface area contributed by atoms with Crippen LogP contribution in [0.4, 0.5) is 0 Å².